The molecule has 0 aliphatic rings. The average Bonchev–Trinajstić information content (AvgIpc) is 2.63. The molecule has 1 heterocycles. The topological polar surface area (TPSA) is 90.0 Å². The van der Waals surface area contributed by atoms with Gasteiger partial charge in [0.15, 0.2) is 5.03 Å². The lowest BCUT2D eigenvalue weighted by Gasteiger charge is -2.16. The van der Waals surface area contributed by atoms with Crippen LogP contribution in [0.5, 0.6) is 0 Å². The van der Waals surface area contributed by atoms with Crippen molar-refractivity contribution in [2.24, 2.45) is 12.8 Å². The molecule has 0 aliphatic heterocycles. The summed E-state index contributed by atoms with van der Waals surface area (Å²) in [6.45, 7) is 1.87. The molecule has 1 atom stereocenters. The first-order valence-electron chi connectivity index (χ1n) is 5.15. The van der Waals surface area contributed by atoms with Gasteiger partial charge in [-0.15, -0.1) is 0 Å². The largest absolute Gasteiger partial charge is 0.393 e. The number of aryl methyl sites for hydroxylation is 1. The van der Waals surface area contributed by atoms with Crippen molar-refractivity contribution < 1.29 is 8.42 Å². The van der Waals surface area contributed by atoms with E-state index in [1.54, 1.807) is 7.05 Å². The van der Waals surface area contributed by atoms with E-state index in [0.717, 1.165) is 0 Å². The van der Waals surface area contributed by atoms with Gasteiger partial charge in [0.25, 0.3) is 10.0 Å². The number of rotatable bonds is 6. The van der Waals surface area contributed by atoms with Crippen LogP contribution in [0, 0.1) is 0 Å². The van der Waals surface area contributed by atoms with Crippen LogP contribution in [-0.4, -0.2) is 29.2 Å². The highest BCUT2D eigenvalue weighted by Gasteiger charge is 2.22. The number of hydrogen-bond donors (Lipinski definition) is 2. The summed E-state index contributed by atoms with van der Waals surface area (Å²) in [7, 11) is -2.00. The summed E-state index contributed by atoms with van der Waals surface area (Å²) in [5.41, 5.74) is 5.42. The fraction of sp³-hybridized carbons (Fsp3) is 0.556. The molecule has 0 saturated heterocycles. The Kier molecular flexibility index (Phi) is 4.61. The molecule has 0 radical (unpaired) electrons. The summed E-state index contributed by atoms with van der Waals surface area (Å²) in [5, 5.41) is 3.95. The zero-order chi connectivity index (χ0) is 13.1. The zero-order valence-electron chi connectivity index (χ0n) is 9.75. The average molecular weight is 276 g/mol. The van der Waals surface area contributed by atoms with Crippen LogP contribution in [0.2, 0.25) is 0 Å². The number of nitrogens with two attached hydrogens (primary N) is 1. The van der Waals surface area contributed by atoms with E-state index in [4.69, 9.17) is 18.0 Å². The highest BCUT2D eigenvalue weighted by molar-refractivity contribution is 7.89. The highest BCUT2D eigenvalue weighted by Crippen LogP contribution is 2.09. The molecule has 8 heteroatoms. The van der Waals surface area contributed by atoms with Crippen LogP contribution in [0.15, 0.2) is 17.3 Å². The minimum atomic E-state index is -3.57. The fourth-order valence-corrected chi connectivity index (χ4v) is 3.06. The highest BCUT2D eigenvalue weighted by atomic mass is 32.2. The normalized spacial score (nSPS) is 13.5. The van der Waals surface area contributed by atoms with Gasteiger partial charge < -0.3 is 5.73 Å². The third kappa shape index (κ3) is 3.76. The van der Waals surface area contributed by atoms with Crippen LogP contribution in [0.3, 0.4) is 0 Å². The summed E-state index contributed by atoms with van der Waals surface area (Å²) in [5.74, 6) is 0. The van der Waals surface area contributed by atoms with Crippen LogP contribution in [0.4, 0.5) is 0 Å². The number of nitrogens with one attached hydrogen (secondary N) is 1. The Balaban J connectivity index is 2.86. The predicted molar refractivity (Wildman–Crippen MR) is 69.0 cm³/mol. The molecule has 0 spiro atoms. The molecular formula is C9H16N4O2S2. The van der Waals surface area contributed by atoms with Gasteiger partial charge in [-0.2, -0.15) is 5.10 Å². The van der Waals surface area contributed by atoms with Crippen molar-refractivity contribution >= 4 is 27.2 Å². The van der Waals surface area contributed by atoms with Crippen molar-refractivity contribution in [3.05, 3.63) is 12.3 Å². The monoisotopic (exact) mass is 276 g/mol. The summed E-state index contributed by atoms with van der Waals surface area (Å²) >= 11 is 4.78. The quantitative estimate of drug-likeness (QED) is 0.722. The van der Waals surface area contributed by atoms with Crippen LogP contribution in [0.1, 0.15) is 19.8 Å². The second-order valence-electron chi connectivity index (χ2n) is 3.69. The Hall–Kier alpha value is -0.990. The van der Waals surface area contributed by atoms with Crippen molar-refractivity contribution in [3.63, 3.8) is 0 Å². The maximum atomic E-state index is 12.0. The molecule has 3 N–H and O–H groups in total. The number of hydrogen-bond acceptors (Lipinski definition) is 4. The van der Waals surface area contributed by atoms with Gasteiger partial charge in [-0.3, -0.25) is 4.68 Å². The first-order chi connectivity index (χ1) is 7.86. The zero-order valence-corrected chi connectivity index (χ0v) is 11.4. The van der Waals surface area contributed by atoms with Gasteiger partial charge in [0, 0.05) is 19.5 Å². The standard InChI is InChI=1S/C9H16N4O2S2/c1-3-7(6-8(10)16)12-17(14,15)9-4-5-11-13(9)2/h4-5,7,12H,3,6H2,1-2H3,(H2,10,16). The maximum Gasteiger partial charge on any atom is 0.257 e. The van der Waals surface area contributed by atoms with Gasteiger partial charge in [0.1, 0.15) is 0 Å². The first kappa shape index (κ1) is 14.1. The lowest BCUT2D eigenvalue weighted by Crippen LogP contribution is -2.37. The molecule has 0 amide bonds. The number of aromatic nitrogens is 2. The Labute approximate surface area is 106 Å². The molecule has 0 saturated carbocycles. The molecule has 0 aliphatic carbocycles. The molecular weight excluding hydrogens is 260 g/mol. The Morgan fingerprint density at radius 1 is 1.71 bits per heavy atom. The van der Waals surface area contributed by atoms with Gasteiger partial charge >= 0.3 is 0 Å². The molecule has 17 heavy (non-hydrogen) atoms. The number of sulfonamides is 1. The van der Waals surface area contributed by atoms with Gasteiger partial charge in [-0.1, -0.05) is 19.1 Å². The third-order valence-electron chi connectivity index (χ3n) is 2.31. The number of nitrogens with zero attached hydrogens (tertiary/aromatic N) is 2. The van der Waals surface area contributed by atoms with Crippen molar-refractivity contribution in [2.75, 3.05) is 0 Å². The van der Waals surface area contributed by atoms with E-state index in [1.165, 1.54) is 16.9 Å². The second kappa shape index (κ2) is 5.56. The van der Waals surface area contributed by atoms with Crippen molar-refractivity contribution in [1.29, 1.82) is 0 Å². The van der Waals surface area contributed by atoms with Crippen LogP contribution in [0.25, 0.3) is 0 Å². The Bertz CT molecular complexity index is 495. The van der Waals surface area contributed by atoms with E-state index in [9.17, 15) is 8.42 Å². The van der Waals surface area contributed by atoms with Crippen LogP contribution in [-0.2, 0) is 17.1 Å². The minimum absolute atomic E-state index is 0.124. The molecule has 1 rings (SSSR count). The molecule has 0 fully saturated rings. The third-order valence-corrected chi connectivity index (χ3v) is 4.07. The van der Waals surface area contributed by atoms with E-state index < -0.39 is 10.0 Å². The lowest BCUT2D eigenvalue weighted by atomic mass is 10.2. The predicted octanol–water partition coefficient (Wildman–Crippen LogP) is 0.153. The van der Waals surface area contributed by atoms with Crippen LogP contribution < -0.4 is 10.5 Å². The fourth-order valence-electron chi connectivity index (χ4n) is 1.42. The molecule has 0 bridgehead atoms. The first-order valence-corrected chi connectivity index (χ1v) is 7.04. The molecule has 1 unspecified atom stereocenters. The van der Waals surface area contributed by atoms with Gasteiger partial charge in [0.05, 0.1) is 11.2 Å². The van der Waals surface area contributed by atoms with E-state index in [2.05, 4.69) is 9.82 Å². The maximum absolute atomic E-state index is 12.0. The molecule has 96 valence electrons. The SMILES string of the molecule is CCC(CC(N)=S)NS(=O)(=O)c1ccnn1C. The lowest BCUT2D eigenvalue weighted by molar-refractivity contribution is 0.533. The Morgan fingerprint density at radius 2 is 2.35 bits per heavy atom. The summed E-state index contributed by atoms with van der Waals surface area (Å²) in [4.78, 5) is 0.296. The molecule has 0 aromatic carbocycles. The summed E-state index contributed by atoms with van der Waals surface area (Å²) in [6.07, 6.45) is 2.40. The molecule has 6 nitrogen and oxygen atoms in total. The second-order valence-corrected chi connectivity index (χ2v) is 5.88. The summed E-state index contributed by atoms with van der Waals surface area (Å²) in [6, 6.07) is 1.16. The van der Waals surface area contributed by atoms with Crippen molar-refractivity contribution in [2.45, 2.75) is 30.8 Å². The number of thiocarbonyl (C=S) groups is 1. The molecule has 1 aromatic heterocycles. The van der Waals surface area contributed by atoms with Gasteiger partial charge in [0.2, 0.25) is 0 Å². The van der Waals surface area contributed by atoms with E-state index in [0.29, 0.717) is 17.8 Å². The smallest absolute Gasteiger partial charge is 0.257 e. The molecule has 1 aromatic rings. The van der Waals surface area contributed by atoms with Gasteiger partial charge in [-0.05, 0) is 12.5 Å². The van der Waals surface area contributed by atoms with Crippen molar-refractivity contribution in [1.82, 2.24) is 14.5 Å². The van der Waals surface area contributed by atoms with Crippen molar-refractivity contribution in [3.8, 4) is 0 Å². The minimum Gasteiger partial charge on any atom is -0.393 e. The van der Waals surface area contributed by atoms with Crippen LogP contribution >= 0.6 is 12.2 Å². The summed E-state index contributed by atoms with van der Waals surface area (Å²) < 4.78 is 27.9. The van der Waals surface area contributed by atoms with Gasteiger partial charge in [-0.25, -0.2) is 13.1 Å². The Morgan fingerprint density at radius 3 is 2.76 bits per heavy atom. The van der Waals surface area contributed by atoms with E-state index in [1.807, 2.05) is 6.92 Å². The van der Waals surface area contributed by atoms with E-state index in [-0.39, 0.29) is 11.1 Å². The van der Waals surface area contributed by atoms with E-state index >= 15 is 0 Å².